The minimum atomic E-state index is -1.28. The van der Waals surface area contributed by atoms with Gasteiger partial charge in [0.05, 0.1) is 6.61 Å². The number of alkyl carbamates (subject to hydrolysis) is 1. The summed E-state index contributed by atoms with van der Waals surface area (Å²) in [5.74, 6) is -0.890. The molecule has 0 fully saturated rings. The Balaban J connectivity index is 3.52. The van der Waals surface area contributed by atoms with E-state index in [0.717, 1.165) is 24.0 Å². The van der Waals surface area contributed by atoms with Gasteiger partial charge in [-0.3, -0.25) is 9.59 Å². The van der Waals surface area contributed by atoms with Gasteiger partial charge in [-0.15, -0.1) is 0 Å². The van der Waals surface area contributed by atoms with Gasteiger partial charge in [0.2, 0.25) is 11.8 Å². The number of carbonyl (C=O) groups excluding carboxylic acids is 3. The Morgan fingerprint density at radius 2 is 1.63 bits per heavy atom. The van der Waals surface area contributed by atoms with Crippen LogP contribution in [-0.2, 0) is 14.3 Å². The maximum absolute atomic E-state index is 13.8. The lowest BCUT2D eigenvalue weighted by Gasteiger charge is -2.43. The quantitative estimate of drug-likeness (QED) is 0.481. The molecule has 0 saturated heterocycles. The van der Waals surface area contributed by atoms with E-state index >= 15 is 0 Å². The number of hydrogen-bond donors (Lipinski definition) is 3. The average Bonchev–Trinajstić information content (AvgIpc) is 2.69. The summed E-state index contributed by atoms with van der Waals surface area (Å²) in [6.45, 7) is 17.9. The van der Waals surface area contributed by atoms with Crippen molar-refractivity contribution in [3.63, 3.8) is 0 Å². The predicted molar refractivity (Wildman–Crippen MR) is 138 cm³/mol. The van der Waals surface area contributed by atoms with Gasteiger partial charge in [0.25, 0.3) is 0 Å². The molecular weight excluding hydrogens is 446 g/mol. The zero-order chi connectivity index (χ0) is 27.1. The lowest BCUT2D eigenvalue weighted by Crippen LogP contribution is -2.59. The van der Waals surface area contributed by atoms with Crippen LogP contribution >= 0.6 is 0 Å². The van der Waals surface area contributed by atoms with Gasteiger partial charge < -0.3 is 25.4 Å². The number of nitrogens with one attached hydrogen (secondary N) is 2. The first kappa shape index (κ1) is 30.4. The molecule has 0 bridgehead atoms. The minimum absolute atomic E-state index is 0.0769. The highest BCUT2D eigenvalue weighted by Gasteiger charge is 2.42. The number of aliphatic hydroxyl groups excluding tert-OH is 1. The fourth-order valence-corrected chi connectivity index (χ4v) is 3.83. The first-order valence-corrected chi connectivity index (χ1v) is 12.3. The molecule has 1 aromatic carbocycles. The molecule has 0 spiro atoms. The third-order valence-electron chi connectivity index (χ3n) is 5.60. The molecule has 0 aliphatic heterocycles. The number of benzene rings is 1. The van der Waals surface area contributed by atoms with Crippen LogP contribution in [-0.4, -0.2) is 57.7 Å². The van der Waals surface area contributed by atoms with E-state index in [4.69, 9.17) is 4.74 Å². The van der Waals surface area contributed by atoms with E-state index < -0.39 is 41.8 Å². The Morgan fingerprint density at radius 1 is 1.03 bits per heavy atom. The highest BCUT2D eigenvalue weighted by Crippen LogP contribution is 2.31. The van der Waals surface area contributed by atoms with Crippen molar-refractivity contribution < 1.29 is 24.2 Å². The predicted octanol–water partition coefficient (Wildman–Crippen LogP) is 4.16. The SMILES string of the molecule is CCCC(C)NC(=O)C(c1ccc(C)c(C)c1)N(C(=O)C(CO)NC(=O)OC(C)(C)C)C(C)(C)C. The van der Waals surface area contributed by atoms with Crippen LogP contribution in [0, 0.1) is 13.8 Å². The van der Waals surface area contributed by atoms with Crippen LogP contribution in [0.1, 0.15) is 91.0 Å². The van der Waals surface area contributed by atoms with E-state index in [1.165, 1.54) is 4.90 Å². The molecule has 0 heterocycles. The Bertz CT molecular complexity index is 886. The largest absolute Gasteiger partial charge is 0.444 e. The number of nitrogens with zero attached hydrogens (tertiary/aromatic N) is 1. The van der Waals surface area contributed by atoms with E-state index in [2.05, 4.69) is 10.6 Å². The molecule has 0 aliphatic carbocycles. The number of aryl methyl sites for hydroxylation is 2. The summed E-state index contributed by atoms with van der Waals surface area (Å²) >= 11 is 0. The maximum atomic E-state index is 13.8. The van der Waals surface area contributed by atoms with Crippen molar-refractivity contribution in [1.82, 2.24) is 15.5 Å². The summed E-state index contributed by atoms with van der Waals surface area (Å²) in [6.07, 6.45) is 0.890. The highest BCUT2D eigenvalue weighted by molar-refractivity contribution is 5.92. The number of carbonyl (C=O) groups is 3. The Hall–Kier alpha value is -2.61. The third kappa shape index (κ3) is 9.17. The zero-order valence-electron chi connectivity index (χ0n) is 23.1. The maximum Gasteiger partial charge on any atom is 0.408 e. The van der Waals surface area contributed by atoms with Crippen LogP contribution in [0.2, 0.25) is 0 Å². The number of ether oxygens (including phenoxy) is 1. The lowest BCUT2D eigenvalue weighted by atomic mass is 9.93. The molecule has 3 unspecified atom stereocenters. The number of rotatable bonds is 9. The van der Waals surface area contributed by atoms with Crippen molar-refractivity contribution in [1.29, 1.82) is 0 Å². The van der Waals surface area contributed by atoms with Crippen molar-refractivity contribution in [3.8, 4) is 0 Å². The summed E-state index contributed by atoms with van der Waals surface area (Å²) in [4.78, 5) is 41.3. The molecule has 3 atom stereocenters. The molecule has 3 amide bonds. The van der Waals surface area contributed by atoms with Gasteiger partial charge in [0, 0.05) is 11.6 Å². The van der Waals surface area contributed by atoms with Gasteiger partial charge in [0.15, 0.2) is 0 Å². The fraction of sp³-hybridized carbons (Fsp3) is 0.667. The molecule has 0 aliphatic rings. The van der Waals surface area contributed by atoms with E-state index in [9.17, 15) is 19.5 Å². The molecule has 1 aromatic rings. The van der Waals surface area contributed by atoms with Gasteiger partial charge >= 0.3 is 6.09 Å². The molecule has 8 nitrogen and oxygen atoms in total. The van der Waals surface area contributed by atoms with E-state index in [1.807, 2.05) is 66.7 Å². The summed E-state index contributed by atoms with van der Waals surface area (Å²) in [5.41, 5.74) is 1.14. The second-order valence-electron chi connectivity index (χ2n) is 11.2. The average molecular weight is 492 g/mol. The Kier molecular flexibility index (Phi) is 10.8. The second kappa shape index (κ2) is 12.4. The molecule has 0 saturated carbocycles. The molecule has 3 N–H and O–H groups in total. The smallest absolute Gasteiger partial charge is 0.408 e. The summed E-state index contributed by atoms with van der Waals surface area (Å²) in [6, 6.07) is 3.36. The summed E-state index contributed by atoms with van der Waals surface area (Å²) in [5, 5.41) is 15.5. The number of hydrogen-bond acceptors (Lipinski definition) is 5. The van der Waals surface area contributed by atoms with Crippen LogP contribution < -0.4 is 10.6 Å². The third-order valence-corrected chi connectivity index (χ3v) is 5.60. The standard InChI is InChI=1S/C27H45N3O5/c1-11-12-19(4)28-23(32)22(20-14-13-17(2)18(3)15-20)30(26(5,6)7)24(33)21(16-31)29-25(34)35-27(8,9)10/h13-15,19,21-22,31H,11-12,16H2,1-10H3,(H,28,32)(H,29,34). The van der Waals surface area contributed by atoms with Crippen LogP contribution in [0.3, 0.4) is 0 Å². The first-order valence-electron chi connectivity index (χ1n) is 12.3. The topological polar surface area (TPSA) is 108 Å². The first-order chi connectivity index (χ1) is 16.0. The summed E-state index contributed by atoms with van der Waals surface area (Å²) < 4.78 is 5.28. The monoisotopic (exact) mass is 491 g/mol. The van der Waals surface area contributed by atoms with Gasteiger partial charge in [-0.1, -0.05) is 31.5 Å². The van der Waals surface area contributed by atoms with Crippen molar-refractivity contribution >= 4 is 17.9 Å². The molecule has 1 rings (SSSR count). The molecule has 198 valence electrons. The van der Waals surface area contributed by atoms with Gasteiger partial charge in [-0.05, 0) is 85.4 Å². The molecule has 35 heavy (non-hydrogen) atoms. The van der Waals surface area contributed by atoms with Crippen molar-refractivity contribution in [2.45, 2.75) is 111 Å². The van der Waals surface area contributed by atoms with Crippen molar-refractivity contribution in [3.05, 3.63) is 34.9 Å². The van der Waals surface area contributed by atoms with E-state index in [1.54, 1.807) is 20.8 Å². The Morgan fingerprint density at radius 3 is 2.09 bits per heavy atom. The Labute approximate surface area is 210 Å². The normalized spacial score (nSPS) is 14.5. The lowest BCUT2D eigenvalue weighted by molar-refractivity contribution is -0.149. The van der Waals surface area contributed by atoms with E-state index in [0.29, 0.717) is 5.56 Å². The highest BCUT2D eigenvalue weighted by atomic mass is 16.6. The van der Waals surface area contributed by atoms with Gasteiger partial charge in [-0.2, -0.15) is 0 Å². The molecular formula is C27H45N3O5. The summed E-state index contributed by atoms with van der Waals surface area (Å²) in [7, 11) is 0. The molecule has 0 radical (unpaired) electrons. The number of amides is 3. The van der Waals surface area contributed by atoms with Crippen molar-refractivity contribution in [2.24, 2.45) is 0 Å². The molecule has 8 heteroatoms. The second-order valence-corrected chi connectivity index (χ2v) is 11.2. The molecule has 0 aromatic heterocycles. The van der Waals surface area contributed by atoms with Crippen LogP contribution in [0.4, 0.5) is 4.79 Å². The van der Waals surface area contributed by atoms with Crippen molar-refractivity contribution in [2.75, 3.05) is 6.61 Å². The minimum Gasteiger partial charge on any atom is -0.444 e. The van der Waals surface area contributed by atoms with E-state index in [-0.39, 0.29) is 11.9 Å². The van der Waals surface area contributed by atoms with Gasteiger partial charge in [0.1, 0.15) is 17.7 Å². The zero-order valence-corrected chi connectivity index (χ0v) is 23.1. The van der Waals surface area contributed by atoms with Crippen LogP contribution in [0.25, 0.3) is 0 Å². The van der Waals surface area contributed by atoms with Crippen LogP contribution in [0.15, 0.2) is 18.2 Å². The van der Waals surface area contributed by atoms with Gasteiger partial charge in [-0.25, -0.2) is 4.79 Å². The van der Waals surface area contributed by atoms with Crippen LogP contribution in [0.5, 0.6) is 0 Å². The fourth-order valence-electron chi connectivity index (χ4n) is 3.83. The number of aliphatic hydroxyl groups is 1.